The molecule has 1 fully saturated rings. The average Bonchev–Trinajstić information content (AvgIpc) is 3.26. The molecule has 1 aliphatic rings. The van der Waals surface area contributed by atoms with E-state index in [4.69, 9.17) is 4.74 Å². The molecule has 0 spiro atoms. The Morgan fingerprint density at radius 2 is 1.83 bits per heavy atom. The van der Waals surface area contributed by atoms with Crippen LogP contribution in [0.4, 0.5) is 0 Å². The second kappa shape index (κ2) is 4.88. The minimum absolute atomic E-state index is 0.713. The van der Waals surface area contributed by atoms with E-state index in [1.807, 2.05) is 36.4 Å². The summed E-state index contributed by atoms with van der Waals surface area (Å²) in [5.41, 5.74) is 3.20. The van der Waals surface area contributed by atoms with Crippen molar-refractivity contribution in [3.05, 3.63) is 77.8 Å². The van der Waals surface area contributed by atoms with Crippen LogP contribution in [0.3, 0.4) is 0 Å². The first-order valence-electron chi connectivity index (χ1n) is 5.94. The van der Waals surface area contributed by atoms with Gasteiger partial charge in [0, 0.05) is 11.8 Å². The number of allylic oxidation sites excluding steroid dienone is 2. The van der Waals surface area contributed by atoms with E-state index in [1.54, 1.807) is 6.20 Å². The summed E-state index contributed by atoms with van der Waals surface area (Å²) in [7, 11) is 0. The summed E-state index contributed by atoms with van der Waals surface area (Å²) in [4.78, 5) is 4.36. The maximum atomic E-state index is 5.30. The molecule has 0 saturated carbocycles. The van der Waals surface area contributed by atoms with Crippen LogP contribution in [0.2, 0.25) is 0 Å². The predicted octanol–water partition coefficient (Wildman–Crippen LogP) is 3.54. The number of hydrogen-bond donors (Lipinski definition) is 0. The van der Waals surface area contributed by atoms with Crippen molar-refractivity contribution in [3.63, 3.8) is 0 Å². The predicted molar refractivity (Wildman–Crippen MR) is 72.6 cm³/mol. The van der Waals surface area contributed by atoms with Crippen molar-refractivity contribution in [3.8, 4) is 0 Å². The summed E-state index contributed by atoms with van der Waals surface area (Å²) >= 11 is 0. The van der Waals surface area contributed by atoms with Gasteiger partial charge in [-0.25, -0.2) is 0 Å². The fourth-order valence-electron chi connectivity index (χ4n) is 1.78. The molecule has 2 heteroatoms. The van der Waals surface area contributed by atoms with Gasteiger partial charge in [0.1, 0.15) is 12.4 Å². The van der Waals surface area contributed by atoms with Crippen molar-refractivity contribution in [2.75, 3.05) is 6.61 Å². The second-order valence-corrected chi connectivity index (χ2v) is 4.08. The van der Waals surface area contributed by atoms with Crippen molar-refractivity contribution in [1.82, 2.24) is 4.98 Å². The lowest BCUT2D eigenvalue weighted by Crippen LogP contribution is -1.85. The Kier molecular flexibility index (Phi) is 2.92. The van der Waals surface area contributed by atoms with Crippen molar-refractivity contribution < 1.29 is 4.74 Å². The number of nitrogens with zero attached hydrogens (tertiary/aromatic N) is 1. The largest absolute Gasteiger partial charge is 0.486 e. The summed E-state index contributed by atoms with van der Waals surface area (Å²) in [6.45, 7) is 0.713. The van der Waals surface area contributed by atoms with Gasteiger partial charge in [-0.1, -0.05) is 42.5 Å². The Morgan fingerprint density at radius 3 is 2.50 bits per heavy atom. The molecule has 1 saturated heterocycles. The van der Waals surface area contributed by atoms with Crippen LogP contribution in [0.5, 0.6) is 0 Å². The molecular formula is C16H13NO. The highest BCUT2D eigenvalue weighted by molar-refractivity contribution is 5.79. The standard InChI is InChI=1S/C16H13NO/c1-2-6-13(7-3-1)9-10-14(16-12-18-16)15-8-4-5-11-17-15/h1-11H,12H2/b10-9+,16-14-. The SMILES string of the molecule is C(=C\c1ccccc1)/C(=C1\CO1)c1ccccn1. The van der Waals surface area contributed by atoms with Gasteiger partial charge in [-0.3, -0.25) is 4.98 Å². The molecule has 0 aliphatic carbocycles. The first kappa shape index (κ1) is 10.8. The highest BCUT2D eigenvalue weighted by Crippen LogP contribution is 2.28. The minimum Gasteiger partial charge on any atom is -0.486 e. The highest BCUT2D eigenvalue weighted by Gasteiger charge is 2.20. The van der Waals surface area contributed by atoms with Gasteiger partial charge in [0.15, 0.2) is 0 Å². The molecule has 1 aliphatic heterocycles. The third-order valence-corrected chi connectivity index (χ3v) is 2.77. The number of hydrogen-bond acceptors (Lipinski definition) is 2. The smallest absolute Gasteiger partial charge is 0.146 e. The third-order valence-electron chi connectivity index (χ3n) is 2.77. The van der Waals surface area contributed by atoms with Gasteiger partial charge in [-0.15, -0.1) is 0 Å². The normalized spacial score (nSPS) is 16.4. The number of ether oxygens (including phenoxy) is 1. The molecule has 0 amide bonds. The highest BCUT2D eigenvalue weighted by atomic mass is 16.6. The second-order valence-electron chi connectivity index (χ2n) is 4.08. The van der Waals surface area contributed by atoms with E-state index in [9.17, 15) is 0 Å². The van der Waals surface area contributed by atoms with E-state index in [-0.39, 0.29) is 0 Å². The van der Waals surface area contributed by atoms with Crippen LogP contribution in [0.15, 0.2) is 66.6 Å². The molecule has 18 heavy (non-hydrogen) atoms. The molecule has 0 bridgehead atoms. The molecule has 0 radical (unpaired) electrons. The molecule has 0 N–H and O–H groups in total. The van der Waals surface area contributed by atoms with E-state index < -0.39 is 0 Å². The lowest BCUT2D eigenvalue weighted by molar-refractivity contribution is 0.511. The Hall–Kier alpha value is -2.35. The molecule has 2 heterocycles. The summed E-state index contributed by atoms with van der Waals surface area (Å²) in [6, 6.07) is 16.1. The third kappa shape index (κ3) is 2.48. The van der Waals surface area contributed by atoms with E-state index >= 15 is 0 Å². The van der Waals surface area contributed by atoms with Crippen LogP contribution in [-0.2, 0) is 4.74 Å². The van der Waals surface area contributed by atoms with Crippen LogP contribution >= 0.6 is 0 Å². The Morgan fingerprint density at radius 1 is 1.06 bits per heavy atom. The van der Waals surface area contributed by atoms with E-state index in [0.29, 0.717) is 6.61 Å². The van der Waals surface area contributed by atoms with Crippen molar-refractivity contribution >= 4 is 11.6 Å². The monoisotopic (exact) mass is 235 g/mol. The Balaban J connectivity index is 1.90. The molecule has 1 aromatic carbocycles. The van der Waals surface area contributed by atoms with E-state index in [1.165, 1.54) is 5.56 Å². The van der Waals surface area contributed by atoms with Gasteiger partial charge in [0.25, 0.3) is 0 Å². The van der Waals surface area contributed by atoms with Gasteiger partial charge in [-0.05, 0) is 23.8 Å². The van der Waals surface area contributed by atoms with Crippen LogP contribution in [0.1, 0.15) is 11.3 Å². The molecular weight excluding hydrogens is 222 g/mol. The van der Waals surface area contributed by atoms with Crippen molar-refractivity contribution in [2.24, 2.45) is 0 Å². The van der Waals surface area contributed by atoms with Crippen molar-refractivity contribution in [2.45, 2.75) is 0 Å². The lowest BCUT2D eigenvalue weighted by Gasteiger charge is -1.99. The van der Waals surface area contributed by atoms with Crippen LogP contribution in [0.25, 0.3) is 11.6 Å². The lowest BCUT2D eigenvalue weighted by atomic mass is 10.1. The summed E-state index contributed by atoms with van der Waals surface area (Å²) in [5.74, 6) is 1.01. The number of epoxide rings is 1. The first-order valence-corrected chi connectivity index (χ1v) is 5.94. The summed E-state index contributed by atoms with van der Waals surface area (Å²) < 4.78 is 5.30. The van der Waals surface area contributed by atoms with Gasteiger partial charge in [0.05, 0.1) is 5.69 Å². The maximum Gasteiger partial charge on any atom is 0.146 e. The molecule has 1 aromatic heterocycles. The van der Waals surface area contributed by atoms with Gasteiger partial charge >= 0.3 is 0 Å². The molecule has 0 unspecified atom stereocenters. The first-order chi connectivity index (χ1) is 8.93. The quantitative estimate of drug-likeness (QED) is 0.760. The number of aromatic nitrogens is 1. The van der Waals surface area contributed by atoms with Gasteiger partial charge in [0.2, 0.25) is 0 Å². The average molecular weight is 235 g/mol. The fourth-order valence-corrected chi connectivity index (χ4v) is 1.78. The molecule has 0 atom stereocenters. The van der Waals surface area contributed by atoms with E-state index in [0.717, 1.165) is 17.0 Å². The molecule has 2 nitrogen and oxygen atoms in total. The van der Waals surface area contributed by atoms with Gasteiger partial charge in [-0.2, -0.15) is 0 Å². The zero-order valence-electron chi connectivity index (χ0n) is 9.91. The fraction of sp³-hybridized carbons (Fsp3) is 0.0625. The zero-order chi connectivity index (χ0) is 12.2. The van der Waals surface area contributed by atoms with E-state index in [2.05, 4.69) is 29.3 Å². The zero-order valence-corrected chi connectivity index (χ0v) is 9.91. The topological polar surface area (TPSA) is 25.4 Å². The summed E-state index contributed by atoms with van der Waals surface area (Å²) in [6.07, 6.45) is 5.95. The van der Waals surface area contributed by atoms with Gasteiger partial charge < -0.3 is 4.74 Å². The number of benzene rings is 1. The molecule has 88 valence electrons. The number of rotatable bonds is 3. The van der Waals surface area contributed by atoms with Crippen LogP contribution in [-0.4, -0.2) is 11.6 Å². The Bertz CT molecular complexity index is 579. The molecule has 3 rings (SSSR count). The Labute approximate surface area is 106 Å². The van der Waals surface area contributed by atoms with Crippen LogP contribution in [0, 0.1) is 0 Å². The van der Waals surface area contributed by atoms with Crippen LogP contribution < -0.4 is 0 Å². The minimum atomic E-state index is 0.713. The number of pyridine rings is 1. The maximum absolute atomic E-state index is 5.30. The summed E-state index contributed by atoms with van der Waals surface area (Å²) in [5, 5.41) is 0. The van der Waals surface area contributed by atoms with Crippen molar-refractivity contribution in [1.29, 1.82) is 0 Å². The molecule has 2 aromatic rings.